The molecule has 0 aliphatic carbocycles. The molecule has 0 bridgehead atoms. The second-order valence-electron chi connectivity index (χ2n) is 14.2. The minimum absolute atomic E-state index is 0.166. The van der Waals surface area contributed by atoms with Crippen LogP contribution in [0.1, 0.15) is 0 Å². The molecule has 1 heterocycles. The molecular weight excluding hydrogens is 655 g/mol. The molecule has 10 aromatic rings. The Bertz CT molecular complexity index is 3210. The largest absolute Gasteiger partial charge is 0.456 e. The third kappa shape index (κ3) is 4.98. The second-order valence-corrected chi connectivity index (χ2v) is 14.2. The van der Waals surface area contributed by atoms with Crippen molar-refractivity contribution in [3.63, 3.8) is 0 Å². The van der Waals surface area contributed by atoms with Gasteiger partial charge in [0, 0.05) is 10.8 Å². The first-order valence-electron chi connectivity index (χ1n) is 17.8. The lowest BCUT2D eigenvalue weighted by molar-refractivity contribution is 0.669. The van der Waals surface area contributed by atoms with E-state index in [4.69, 9.17) is 67.2 Å². The molecule has 0 N–H and O–H groups in total. The van der Waals surface area contributed by atoms with Gasteiger partial charge in [-0.3, -0.25) is 0 Å². The molecule has 234 valence electrons. The van der Waals surface area contributed by atoms with E-state index in [1.54, 1.807) is 0 Å². The summed E-state index contributed by atoms with van der Waals surface area (Å²) in [6.07, 6.45) is 0. The van der Waals surface area contributed by atoms with E-state index in [0.29, 0.717) is 32.7 Å². The first kappa shape index (κ1) is 33.9. The van der Waals surface area contributed by atoms with Gasteiger partial charge in [0.25, 0.3) is 0 Å². The molecule has 0 aliphatic heterocycles. The zero-order chi connectivity index (χ0) is 37.9. The van der Waals surface area contributed by atoms with Crippen LogP contribution in [0.5, 0.6) is 0 Å². The van der Waals surface area contributed by atoms with Gasteiger partial charge in [0.05, 0.1) is 0 Å². The van der Waals surface area contributed by atoms with Crippen LogP contribution in [0.25, 0.3) is 98.4 Å². The summed E-state index contributed by atoms with van der Waals surface area (Å²) >= 11 is 0. The minimum Gasteiger partial charge on any atom is -0.456 e. The molecule has 0 aliphatic rings. The first-order valence-corrected chi connectivity index (χ1v) is 17.8. The monoisotopic (exact) mass is 676 g/mol. The summed E-state index contributed by atoms with van der Waals surface area (Å²) in [6.45, 7) is 0. The van der Waals surface area contributed by atoms with Gasteiger partial charge in [-0.2, -0.15) is 0 Å². The Kier molecular flexibility index (Phi) is 7.66. The number of rotatable bonds is 3. The van der Waals surface area contributed by atoms with E-state index >= 15 is 0 Å². The summed E-state index contributed by atoms with van der Waals surface area (Å²) in [5, 5.41) is 8.64. The van der Waals surface area contributed by atoms with E-state index in [9.17, 15) is 0 Å². The fourth-order valence-electron chi connectivity index (χ4n) is 8.34. The topological polar surface area (TPSA) is 13.1 Å². The van der Waals surface area contributed by atoms with E-state index in [-0.39, 0.29) is 43.7 Å². The van der Waals surface area contributed by atoms with Crippen molar-refractivity contribution in [1.29, 1.82) is 0 Å². The maximum Gasteiger partial charge on any atom is 0.136 e. The molecule has 16 radical (unpaired) electrons. The summed E-state index contributed by atoms with van der Waals surface area (Å²) in [6, 6.07) is 41.2. The maximum atomic E-state index is 7.00. The number of hydrogen-bond acceptors (Lipinski definition) is 1. The van der Waals surface area contributed by atoms with Crippen molar-refractivity contribution in [2.75, 3.05) is 0 Å². The predicted octanol–water partition coefficient (Wildman–Crippen LogP) is 3.55. The molecule has 1 aromatic heterocycles. The van der Waals surface area contributed by atoms with Gasteiger partial charge in [-0.15, -0.1) is 21.9 Å². The van der Waals surface area contributed by atoms with Crippen molar-refractivity contribution in [3.05, 3.63) is 121 Å². The Morgan fingerprint density at radius 3 is 1.27 bits per heavy atom. The predicted molar refractivity (Wildman–Crippen MR) is 243 cm³/mol. The Morgan fingerprint density at radius 2 is 0.709 bits per heavy atom. The summed E-state index contributed by atoms with van der Waals surface area (Å²) < 4.78 is 6.36. The van der Waals surface area contributed by atoms with Gasteiger partial charge < -0.3 is 4.42 Å². The van der Waals surface area contributed by atoms with Crippen LogP contribution in [0.4, 0.5) is 0 Å². The van der Waals surface area contributed by atoms with Gasteiger partial charge in [-0.25, -0.2) is 0 Å². The molecule has 0 saturated carbocycles. The van der Waals surface area contributed by atoms with Gasteiger partial charge in [-0.1, -0.05) is 113 Å². The van der Waals surface area contributed by atoms with Crippen molar-refractivity contribution in [3.8, 4) is 33.4 Å². The molecule has 0 atom stereocenters. The molecule has 1 nitrogen and oxygen atoms in total. The molecule has 10 rings (SSSR count). The third-order valence-corrected chi connectivity index (χ3v) is 11.2. The van der Waals surface area contributed by atoms with Crippen molar-refractivity contribution in [1.82, 2.24) is 0 Å². The van der Waals surface area contributed by atoms with Gasteiger partial charge in [0.1, 0.15) is 73.9 Å². The lowest BCUT2D eigenvalue weighted by atomic mass is 9.59. The van der Waals surface area contributed by atoms with Crippen LogP contribution in [0.3, 0.4) is 0 Å². The van der Waals surface area contributed by atoms with E-state index in [1.807, 2.05) is 48.5 Å². The molecule has 0 amide bonds. The Hall–Kier alpha value is -5.66. The highest BCUT2D eigenvalue weighted by Gasteiger charge is 2.25. The smallest absolute Gasteiger partial charge is 0.136 e. The van der Waals surface area contributed by atoms with Crippen LogP contribution in [-0.4, -0.2) is 62.8 Å². The quantitative estimate of drug-likeness (QED) is 0.207. The fraction of sp³-hybridized carbons (Fsp3) is 0. The van der Waals surface area contributed by atoms with Crippen molar-refractivity contribution in [2.24, 2.45) is 0 Å². The molecule has 0 spiro atoms. The number of furan rings is 1. The second kappa shape index (κ2) is 12.4. The highest BCUT2D eigenvalue weighted by atomic mass is 16.3. The Balaban J connectivity index is 1.31. The molecule has 0 fully saturated rings. The number of hydrogen-bond donors (Lipinski definition) is 0. The first-order chi connectivity index (χ1) is 26.6. The normalized spacial score (nSPS) is 11.9. The molecule has 9 aromatic carbocycles. The average molecular weight is 675 g/mol. The van der Waals surface area contributed by atoms with Gasteiger partial charge in [-0.05, 0) is 107 Å². The summed E-state index contributed by atoms with van der Waals surface area (Å²) in [5.74, 6) is 0. The Morgan fingerprint density at radius 1 is 0.291 bits per heavy atom. The lowest BCUT2D eigenvalue weighted by Crippen LogP contribution is -2.50. The van der Waals surface area contributed by atoms with Crippen LogP contribution >= 0.6 is 0 Å². The van der Waals surface area contributed by atoms with E-state index in [0.717, 1.165) is 60.4 Å². The van der Waals surface area contributed by atoms with Crippen LogP contribution < -0.4 is 43.7 Å². The highest BCUT2D eigenvalue weighted by molar-refractivity contribution is 6.71. The summed E-state index contributed by atoms with van der Waals surface area (Å²) in [7, 11) is 54.5. The number of fused-ring (bicyclic) bond motifs is 7. The van der Waals surface area contributed by atoms with Gasteiger partial charge in [0.2, 0.25) is 0 Å². The van der Waals surface area contributed by atoms with Gasteiger partial charge >= 0.3 is 0 Å². The average Bonchev–Trinajstić information content (AvgIpc) is 3.57. The number of benzene rings is 9. The standard InChI is InChI=1S/C46H20B8O/c47-39-35-33(23-12-9-22(10-13-23)27-14-11-21-5-1-2-6-24(21)17-27)36-38(42(50)46(54)44(52)40(36)48)34(37(35)41(49)45(53)43(39)51)28-15-16-31-29(19-28)30-18-25-7-3-4-8-26(25)20-32(30)55-31/h1-20H. The van der Waals surface area contributed by atoms with Crippen LogP contribution in [0.2, 0.25) is 0 Å². The zero-order valence-electron chi connectivity index (χ0n) is 29.6. The Labute approximate surface area is 329 Å². The van der Waals surface area contributed by atoms with Crippen molar-refractivity contribution in [2.45, 2.75) is 0 Å². The minimum atomic E-state index is 0.166. The molecular formula is C46H20B8O. The highest BCUT2D eigenvalue weighted by Crippen LogP contribution is 2.43. The van der Waals surface area contributed by atoms with Crippen LogP contribution in [0, 0.1) is 0 Å². The molecule has 0 saturated heterocycles. The fourth-order valence-corrected chi connectivity index (χ4v) is 8.34. The van der Waals surface area contributed by atoms with E-state index < -0.39 is 0 Å². The third-order valence-electron chi connectivity index (χ3n) is 11.2. The zero-order valence-corrected chi connectivity index (χ0v) is 29.6. The van der Waals surface area contributed by atoms with Gasteiger partial charge in [0.15, 0.2) is 0 Å². The van der Waals surface area contributed by atoms with Crippen molar-refractivity contribution >= 4 is 172 Å². The van der Waals surface area contributed by atoms with E-state index in [1.165, 1.54) is 5.39 Å². The van der Waals surface area contributed by atoms with E-state index in [2.05, 4.69) is 72.8 Å². The van der Waals surface area contributed by atoms with Crippen LogP contribution in [-0.2, 0) is 0 Å². The summed E-state index contributed by atoms with van der Waals surface area (Å²) in [4.78, 5) is 0. The molecule has 55 heavy (non-hydrogen) atoms. The van der Waals surface area contributed by atoms with Crippen molar-refractivity contribution < 1.29 is 4.42 Å². The lowest BCUT2D eigenvalue weighted by Gasteiger charge is -2.28. The van der Waals surface area contributed by atoms with Crippen LogP contribution in [0.15, 0.2) is 126 Å². The molecule has 0 unspecified atom stereocenters. The maximum absolute atomic E-state index is 7.00. The molecule has 9 heteroatoms. The summed E-state index contributed by atoms with van der Waals surface area (Å²) in [5.41, 5.74) is 8.15. The SMILES string of the molecule is [B]c1c([B])c([B])c2c(-c3ccc4oc5cc6ccccc6cc5c4c3)c3c([B])c([B])c([B])c([B])c3c(-c3ccc(-c4ccc5ccccc5c4)cc3)c2c1[B].